The molecule has 0 aliphatic rings. The molecule has 0 fully saturated rings. The number of nitrogens with zero attached hydrogens (tertiary/aromatic N) is 1. The quantitative estimate of drug-likeness (QED) is 0.716. The standard InChI is InChI=1S/C8H13NO2/c1-3-7-4-8(11-9-7)6(2)5-10/h4,6,10H,3,5H2,1-2H3. The van der Waals surface area contributed by atoms with Gasteiger partial charge in [0.2, 0.25) is 0 Å². The van der Waals surface area contributed by atoms with Gasteiger partial charge in [0, 0.05) is 12.0 Å². The van der Waals surface area contributed by atoms with Crippen LogP contribution in [0, 0.1) is 0 Å². The lowest BCUT2D eigenvalue weighted by atomic mass is 10.1. The first kappa shape index (κ1) is 8.27. The van der Waals surface area contributed by atoms with Crippen LogP contribution in [0.3, 0.4) is 0 Å². The van der Waals surface area contributed by atoms with E-state index in [2.05, 4.69) is 5.16 Å². The molecule has 3 heteroatoms. The summed E-state index contributed by atoms with van der Waals surface area (Å²) in [5, 5.41) is 12.6. The lowest BCUT2D eigenvalue weighted by Gasteiger charge is -1.99. The fourth-order valence-corrected chi connectivity index (χ4v) is 0.817. The number of hydrogen-bond acceptors (Lipinski definition) is 3. The van der Waals surface area contributed by atoms with Gasteiger partial charge in [0.1, 0.15) is 5.76 Å². The summed E-state index contributed by atoms with van der Waals surface area (Å²) in [4.78, 5) is 0. The first-order valence-electron chi connectivity index (χ1n) is 3.84. The molecule has 1 aromatic heterocycles. The Labute approximate surface area is 66.0 Å². The van der Waals surface area contributed by atoms with Crippen molar-refractivity contribution in [2.24, 2.45) is 0 Å². The van der Waals surface area contributed by atoms with Gasteiger partial charge >= 0.3 is 0 Å². The van der Waals surface area contributed by atoms with Gasteiger partial charge in [0.05, 0.1) is 12.3 Å². The average Bonchev–Trinajstić information content (AvgIpc) is 2.50. The Kier molecular flexibility index (Phi) is 2.65. The topological polar surface area (TPSA) is 46.3 Å². The van der Waals surface area contributed by atoms with Crippen molar-refractivity contribution in [2.75, 3.05) is 6.61 Å². The van der Waals surface area contributed by atoms with Crippen molar-refractivity contribution in [1.82, 2.24) is 5.16 Å². The molecule has 0 spiro atoms. The van der Waals surface area contributed by atoms with Gasteiger partial charge in [0.15, 0.2) is 0 Å². The van der Waals surface area contributed by atoms with Crippen LogP contribution in [-0.4, -0.2) is 16.9 Å². The number of aryl methyl sites for hydroxylation is 1. The van der Waals surface area contributed by atoms with Crippen molar-refractivity contribution in [3.63, 3.8) is 0 Å². The van der Waals surface area contributed by atoms with Crippen LogP contribution in [-0.2, 0) is 6.42 Å². The molecule has 0 saturated heterocycles. The monoisotopic (exact) mass is 155 g/mol. The SMILES string of the molecule is CCc1cc(C(C)CO)on1. The molecule has 1 atom stereocenters. The van der Waals surface area contributed by atoms with Gasteiger partial charge in [-0.1, -0.05) is 19.0 Å². The minimum Gasteiger partial charge on any atom is -0.396 e. The largest absolute Gasteiger partial charge is 0.396 e. The fraction of sp³-hybridized carbons (Fsp3) is 0.625. The van der Waals surface area contributed by atoms with Gasteiger partial charge in [-0.2, -0.15) is 0 Å². The molecule has 0 aliphatic carbocycles. The minimum atomic E-state index is 0.0581. The molecule has 62 valence electrons. The maximum Gasteiger partial charge on any atom is 0.142 e. The molecule has 1 N–H and O–H groups in total. The molecule has 0 bridgehead atoms. The van der Waals surface area contributed by atoms with Gasteiger partial charge in [-0.15, -0.1) is 0 Å². The van der Waals surface area contributed by atoms with Crippen LogP contribution in [0.15, 0.2) is 10.6 Å². The zero-order valence-corrected chi connectivity index (χ0v) is 6.87. The molecule has 1 aromatic rings. The van der Waals surface area contributed by atoms with E-state index in [1.165, 1.54) is 0 Å². The average molecular weight is 155 g/mol. The number of rotatable bonds is 3. The van der Waals surface area contributed by atoms with E-state index in [1.54, 1.807) is 0 Å². The highest BCUT2D eigenvalue weighted by molar-refractivity contribution is 5.08. The Morgan fingerprint density at radius 2 is 2.45 bits per heavy atom. The zero-order chi connectivity index (χ0) is 8.27. The van der Waals surface area contributed by atoms with E-state index in [-0.39, 0.29) is 12.5 Å². The van der Waals surface area contributed by atoms with Crippen molar-refractivity contribution in [3.05, 3.63) is 17.5 Å². The summed E-state index contributed by atoms with van der Waals surface area (Å²) >= 11 is 0. The Bertz CT molecular complexity index is 220. The first-order chi connectivity index (χ1) is 5.27. The van der Waals surface area contributed by atoms with Crippen LogP contribution in [0.4, 0.5) is 0 Å². The molecule has 3 nitrogen and oxygen atoms in total. The van der Waals surface area contributed by atoms with Crippen molar-refractivity contribution in [1.29, 1.82) is 0 Å². The molecule has 11 heavy (non-hydrogen) atoms. The summed E-state index contributed by atoms with van der Waals surface area (Å²) in [6, 6.07) is 1.89. The van der Waals surface area contributed by atoms with Gasteiger partial charge in [-0.3, -0.25) is 0 Å². The van der Waals surface area contributed by atoms with Crippen molar-refractivity contribution in [2.45, 2.75) is 26.2 Å². The lowest BCUT2D eigenvalue weighted by Crippen LogP contribution is -1.96. The van der Waals surface area contributed by atoms with Crippen LogP contribution < -0.4 is 0 Å². The van der Waals surface area contributed by atoms with E-state index < -0.39 is 0 Å². The van der Waals surface area contributed by atoms with E-state index in [4.69, 9.17) is 9.63 Å². The maximum atomic E-state index is 8.78. The van der Waals surface area contributed by atoms with Crippen molar-refractivity contribution < 1.29 is 9.63 Å². The summed E-state index contributed by atoms with van der Waals surface area (Å²) in [5.74, 6) is 0.826. The van der Waals surface area contributed by atoms with Gasteiger partial charge in [-0.05, 0) is 6.42 Å². The minimum absolute atomic E-state index is 0.0581. The molecule has 1 unspecified atom stereocenters. The van der Waals surface area contributed by atoms with E-state index in [0.29, 0.717) is 0 Å². The second kappa shape index (κ2) is 3.53. The predicted molar refractivity (Wildman–Crippen MR) is 41.4 cm³/mol. The van der Waals surface area contributed by atoms with Crippen molar-refractivity contribution >= 4 is 0 Å². The normalized spacial score (nSPS) is 13.4. The Hall–Kier alpha value is -0.830. The predicted octanol–water partition coefficient (Wildman–Crippen LogP) is 1.33. The Morgan fingerprint density at radius 3 is 2.91 bits per heavy atom. The Morgan fingerprint density at radius 1 is 1.73 bits per heavy atom. The van der Waals surface area contributed by atoms with E-state index in [0.717, 1.165) is 17.9 Å². The molecular formula is C8H13NO2. The fourth-order valence-electron chi connectivity index (χ4n) is 0.817. The highest BCUT2D eigenvalue weighted by Crippen LogP contribution is 2.15. The molecule has 1 rings (SSSR count). The van der Waals surface area contributed by atoms with Crippen molar-refractivity contribution in [3.8, 4) is 0 Å². The summed E-state index contributed by atoms with van der Waals surface area (Å²) in [5.41, 5.74) is 0.945. The lowest BCUT2D eigenvalue weighted by molar-refractivity contribution is 0.246. The van der Waals surface area contributed by atoms with E-state index >= 15 is 0 Å². The van der Waals surface area contributed by atoms with Crippen LogP contribution in [0.25, 0.3) is 0 Å². The number of aliphatic hydroxyl groups excluding tert-OH is 1. The maximum absolute atomic E-state index is 8.78. The van der Waals surface area contributed by atoms with Crippen LogP contribution >= 0.6 is 0 Å². The third-order valence-electron chi connectivity index (χ3n) is 1.70. The third kappa shape index (κ3) is 1.80. The summed E-state index contributed by atoms with van der Waals surface area (Å²) in [6.07, 6.45) is 0.877. The molecule has 0 amide bonds. The molecule has 0 radical (unpaired) electrons. The number of aliphatic hydroxyl groups is 1. The van der Waals surface area contributed by atoms with Gasteiger partial charge in [0.25, 0.3) is 0 Å². The van der Waals surface area contributed by atoms with Gasteiger partial charge in [-0.25, -0.2) is 0 Å². The summed E-state index contributed by atoms with van der Waals surface area (Å²) < 4.78 is 5.00. The highest BCUT2D eigenvalue weighted by Gasteiger charge is 2.09. The Balaban J connectivity index is 2.71. The second-order valence-electron chi connectivity index (χ2n) is 2.66. The zero-order valence-electron chi connectivity index (χ0n) is 6.87. The smallest absolute Gasteiger partial charge is 0.142 e. The van der Waals surface area contributed by atoms with Crippen LogP contribution in [0.2, 0.25) is 0 Å². The number of hydrogen-bond donors (Lipinski definition) is 1. The molecule has 0 aliphatic heterocycles. The second-order valence-corrected chi connectivity index (χ2v) is 2.66. The van der Waals surface area contributed by atoms with Gasteiger partial charge < -0.3 is 9.63 Å². The molecule has 1 heterocycles. The summed E-state index contributed by atoms with van der Waals surface area (Å²) in [6.45, 7) is 4.03. The van der Waals surface area contributed by atoms with E-state index in [9.17, 15) is 0 Å². The third-order valence-corrected chi connectivity index (χ3v) is 1.70. The summed E-state index contributed by atoms with van der Waals surface area (Å²) in [7, 11) is 0. The van der Waals surface area contributed by atoms with E-state index in [1.807, 2.05) is 19.9 Å². The first-order valence-corrected chi connectivity index (χ1v) is 3.84. The number of aromatic nitrogens is 1. The van der Waals surface area contributed by atoms with Crippen LogP contribution in [0.5, 0.6) is 0 Å². The molecule has 0 aromatic carbocycles. The molecule has 0 saturated carbocycles. The van der Waals surface area contributed by atoms with Crippen LogP contribution in [0.1, 0.15) is 31.2 Å². The highest BCUT2D eigenvalue weighted by atomic mass is 16.5. The molecular weight excluding hydrogens is 142 g/mol.